The lowest BCUT2D eigenvalue weighted by Crippen LogP contribution is -2.54. The second-order valence-electron chi connectivity index (χ2n) is 12.3. The van der Waals surface area contributed by atoms with Gasteiger partial charge in [-0.1, -0.05) is 25.9 Å². The summed E-state index contributed by atoms with van der Waals surface area (Å²) in [6.07, 6.45) is 12.2. The summed E-state index contributed by atoms with van der Waals surface area (Å²) in [4.78, 5) is 26.3. The van der Waals surface area contributed by atoms with E-state index in [4.69, 9.17) is 15.0 Å². The molecule has 0 heterocycles. The highest BCUT2D eigenvalue weighted by Gasteiger charge is 2.60. The molecular weight excluding hydrogens is 430 g/mol. The number of fused-ring (bicyclic) bond motifs is 5. The van der Waals surface area contributed by atoms with Crippen LogP contribution in [0.2, 0.25) is 0 Å². The highest BCUT2D eigenvalue weighted by Crippen LogP contribution is 2.68. The first-order valence-corrected chi connectivity index (χ1v) is 13.5. The Bertz CT molecular complexity index is 827. The summed E-state index contributed by atoms with van der Waals surface area (Å²) in [5, 5.41) is 3.35. The van der Waals surface area contributed by atoms with E-state index >= 15 is 0 Å². The molecule has 4 aliphatic carbocycles. The Morgan fingerprint density at radius 1 is 1.03 bits per heavy atom. The second-order valence-corrected chi connectivity index (χ2v) is 12.3. The standard InChI is InChI=1S/C27H43N3O4/c1-17(5-10-24(31)33-4)21-8-9-22-20-7-6-18-15-19(34-25(32)16-29-30-28)11-13-26(18,2)23(20)12-14-27(21,22)3/h17-23H,5-16H2,1-4H3/t17-,18?,19-,20+,21?,22+,23?,26?,27?/m1/s1. The molecule has 4 aliphatic rings. The molecule has 0 aliphatic heterocycles. The van der Waals surface area contributed by atoms with Crippen LogP contribution >= 0.6 is 0 Å². The minimum absolute atomic E-state index is 0.0311. The van der Waals surface area contributed by atoms with E-state index in [1.165, 1.54) is 45.6 Å². The lowest BCUT2D eigenvalue weighted by atomic mass is 9.44. The maximum absolute atomic E-state index is 12.0. The van der Waals surface area contributed by atoms with Crippen LogP contribution in [-0.2, 0) is 19.1 Å². The minimum atomic E-state index is -0.396. The summed E-state index contributed by atoms with van der Waals surface area (Å²) >= 11 is 0. The van der Waals surface area contributed by atoms with Crippen molar-refractivity contribution < 1.29 is 19.1 Å². The molecule has 0 radical (unpaired) electrons. The largest absolute Gasteiger partial charge is 0.469 e. The Labute approximate surface area is 204 Å². The van der Waals surface area contributed by atoms with Crippen LogP contribution in [0.1, 0.15) is 91.4 Å². The molecule has 0 amide bonds. The van der Waals surface area contributed by atoms with Gasteiger partial charge in [0.2, 0.25) is 0 Å². The Balaban J connectivity index is 1.40. The Morgan fingerprint density at radius 2 is 1.76 bits per heavy atom. The zero-order valence-corrected chi connectivity index (χ0v) is 21.5. The quantitative estimate of drug-likeness (QED) is 0.183. The molecule has 0 aromatic carbocycles. The van der Waals surface area contributed by atoms with Crippen molar-refractivity contribution in [2.45, 2.75) is 97.5 Å². The average Bonchev–Trinajstić information content (AvgIpc) is 3.18. The highest BCUT2D eigenvalue weighted by molar-refractivity contribution is 5.72. The van der Waals surface area contributed by atoms with Crippen molar-refractivity contribution >= 4 is 11.9 Å². The summed E-state index contributed by atoms with van der Waals surface area (Å²) in [7, 11) is 1.49. The molecule has 0 N–H and O–H groups in total. The summed E-state index contributed by atoms with van der Waals surface area (Å²) < 4.78 is 10.5. The van der Waals surface area contributed by atoms with Crippen LogP contribution < -0.4 is 0 Å². The Hall–Kier alpha value is -1.75. The van der Waals surface area contributed by atoms with Gasteiger partial charge in [0.1, 0.15) is 12.6 Å². The third-order valence-electron chi connectivity index (χ3n) is 11.0. The molecular formula is C27H43N3O4. The second kappa shape index (κ2) is 10.1. The first kappa shape index (κ1) is 25.3. The number of hydrogen-bond acceptors (Lipinski definition) is 5. The van der Waals surface area contributed by atoms with Crippen LogP contribution in [0.15, 0.2) is 5.11 Å². The molecule has 0 aromatic heterocycles. The number of rotatable bonds is 7. The number of methoxy groups -OCH3 is 1. The van der Waals surface area contributed by atoms with Crippen LogP contribution in [0.25, 0.3) is 10.4 Å². The van der Waals surface area contributed by atoms with Gasteiger partial charge in [-0.15, -0.1) is 0 Å². The molecule has 0 saturated heterocycles. The van der Waals surface area contributed by atoms with Gasteiger partial charge in [0, 0.05) is 11.3 Å². The summed E-state index contributed by atoms with van der Waals surface area (Å²) in [5.74, 6) is 3.78. The van der Waals surface area contributed by atoms with Gasteiger partial charge in [0.25, 0.3) is 0 Å². The van der Waals surface area contributed by atoms with Gasteiger partial charge < -0.3 is 9.47 Å². The van der Waals surface area contributed by atoms with E-state index in [1.54, 1.807) is 0 Å². The Kier molecular flexibility index (Phi) is 7.52. The molecule has 4 rings (SSSR count). The first-order chi connectivity index (χ1) is 16.2. The van der Waals surface area contributed by atoms with Crippen LogP contribution in [0.3, 0.4) is 0 Å². The van der Waals surface area contributed by atoms with Crippen LogP contribution in [0.5, 0.6) is 0 Å². The first-order valence-electron chi connectivity index (χ1n) is 13.5. The third kappa shape index (κ3) is 4.57. The minimum Gasteiger partial charge on any atom is -0.469 e. The van der Waals surface area contributed by atoms with Crippen molar-refractivity contribution in [3.63, 3.8) is 0 Å². The van der Waals surface area contributed by atoms with E-state index in [1.807, 2.05) is 0 Å². The van der Waals surface area contributed by atoms with Gasteiger partial charge in [0.15, 0.2) is 0 Å². The van der Waals surface area contributed by atoms with E-state index in [-0.39, 0.29) is 18.6 Å². The third-order valence-corrected chi connectivity index (χ3v) is 11.0. The SMILES string of the molecule is COC(=O)CC[C@@H](C)C1CC[C@H]2[C@@H]3CCC4C[C@H](OC(=O)CN=[N+]=[N-])CCC4(C)C3CCC12C. The highest BCUT2D eigenvalue weighted by atomic mass is 16.5. The predicted octanol–water partition coefficient (Wildman–Crippen LogP) is 6.46. The van der Waals surface area contributed by atoms with E-state index in [0.717, 1.165) is 43.4 Å². The van der Waals surface area contributed by atoms with E-state index in [2.05, 4.69) is 30.8 Å². The van der Waals surface area contributed by atoms with Gasteiger partial charge in [-0.3, -0.25) is 9.59 Å². The van der Waals surface area contributed by atoms with Crippen molar-refractivity contribution in [2.24, 2.45) is 51.5 Å². The molecule has 9 atom stereocenters. The zero-order valence-electron chi connectivity index (χ0n) is 21.5. The van der Waals surface area contributed by atoms with Gasteiger partial charge in [-0.25, -0.2) is 0 Å². The number of carbonyl (C=O) groups excluding carboxylic acids is 2. The monoisotopic (exact) mass is 473 g/mol. The van der Waals surface area contributed by atoms with Crippen molar-refractivity contribution in [1.82, 2.24) is 0 Å². The number of carbonyl (C=O) groups is 2. The molecule has 190 valence electrons. The average molecular weight is 474 g/mol. The van der Waals surface area contributed by atoms with Gasteiger partial charge in [-0.05, 0) is 116 Å². The molecule has 4 saturated carbocycles. The lowest BCUT2D eigenvalue weighted by molar-refractivity contribution is -0.161. The maximum Gasteiger partial charge on any atom is 0.311 e. The van der Waals surface area contributed by atoms with E-state index < -0.39 is 5.97 Å². The van der Waals surface area contributed by atoms with Crippen LogP contribution in [0.4, 0.5) is 0 Å². The number of esters is 2. The van der Waals surface area contributed by atoms with Crippen molar-refractivity contribution in [3.8, 4) is 0 Å². The van der Waals surface area contributed by atoms with Crippen molar-refractivity contribution in [3.05, 3.63) is 10.4 Å². The fraction of sp³-hybridized carbons (Fsp3) is 0.926. The lowest BCUT2D eigenvalue weighted by Gasteiger charge is -2.61. The van der Waals surface area contributed by atoms with Crippen molar-refractivity contribution in [2.75, 3.05) is 13.7 Å². The maximum atomic E-state index is 12.0. The summed E-state index contributed by atoms with van der Waals surface area (Å²) in [6, 6.07) is 0. The van der Waals surface area contributed by atoms with E-state index in [9.17, 15) is 9.59 Å². The molecule has 5 unspecified atom stereocenters. The number of ether oxygens (including phenoxy) is 2. The fourth-order valence-electron chi connectivity index (χ4n) is 9.26. The number of azide groups is 1. The Morgan fingerprint density at radius 3 is 2.50 bits per heavy atom. The van der Waals surface area contributed by atoms with Crippen LogP contribution in [-0.4, -0.2) is 31.7 Å². The zero-order chi connectivity index (χ0) is 24.5. The van der Waals surface area contributed by atoms with Crippen molar-refractivity contribution in [1.29, 1.82) is 0 Å². The predicted molar refractivity (Wildman–Crippen MR) is 130 cm³/mol. The smallest absolute Gasteiger partial charge is 0.311 e. The van der Waals surface area contributed by atoms with E-state index in [0.29, 0.717) is 35.0 Å². The fourth-order valence-corrected chi connectivity index (χ4v) is 9.26. The topological polar surface area (TPSA) is 101 Å². The van der Waals surface area contributed by atoms with Gasteiger partial charge in [0.05, 0.1) is 7.11 Å². The summed E-state index contributed by atoms with van der Waals surface area (Å²) in [5.41, 5.74) is 9.18. The molecule has 4 fully saturated rings. The molecule has 0 bridgehead atoms. The normalized spacial score (nSPS) is 41.8. The molecule has 0 aromatic rings. The summed E-state index contributed by atoms with van der Waals surface area (Å²) in [6.45, 7) is 7.24. The van der Waals surface area contributed by atoms with Crippen LogP contribution in [0, 0.1) is 46.3 Å². The molecule has 7 heteroatoms. The van der Waals surface area contributed by atoms with Gasteiger partial charge >= 0.3 is 11.9 Å². The molecule has 7 nitrogen and oxygen atoms in total. The van der Waals surface area contributed by atoms with Gasteiger partial charge in [-0.2, -0.15) is 0 Å². The number of hydrogen-bond donors (Lipinski definition) is 0. The molecule has 34 heavy (non-hydrogen) atoms. The number of nitrogens with zero attached hydrogens (tertiary/aromatic N) is 3. The molecule has 0 spiro atoms.